The zero-order chi connectivity index (χ0) is 13.2. The highest BCUT2D eigenvalue weighted by Crippen LogP contribution is 2.28. The summed E-state index contributed by atoms with van der Waals surface area (Å²) in [7, 11) is 0. The number of hydrogen-bond donors (Lipinski definition) is 2. The fourth-order valence-electron chi connectivity index (χ4n) is 1.56. The number of aromatic nitrogens is 2. The van der Waals surface area contributed by atoms with E-state index in [9.17, 15) is 13.2 Å². The van der Waals surface area contributed by atoms with Crippen LogP contribution in [0.25, 0.3) is 11.3 Å². The number of nitrogens with zero attached hydrogens (tertiary/aromatic N) is 1. The molecular weight excluding hydrogens is 247 g/mol. The van der Waals surface area contributed by atoms with E-state index in [4.69, 9.17) is 5.73 Å². The predicted molar refractivity (Wildman–Crippen MR) is 58.6 cm³/mol. The van der Waals surface area contributed by atoms with Gasteiger partial charge in [0.2, 0.25) is 0 Å². The summed E-state index contributed by atoms with van der Waals surface area (Å²) in [5, 5.41) is 6.50. The van der Waals surface area contributed by atoms with Gasteiger partial charge in [-0.3, -0.25) is 5.10 Å². The smallest absolute Gasteiger partial charge is 0.406 e. The van der Waals surface area contributed by atoms with Crippen molar-refractivity contribution in [3.05, 3.63) is 36.0 Å². The maximum absolute atomic E-state index is 12.1. The SMILES string of the molecule is NCc1cn[nH]c1-c1cccc(OC(F)(F)F)c1. The van der Waals surface area contributed by atoms with Gasteiger partial charge < -0.3 is 10.5 Å². The van der Waals surface area contributed by atoms with Gasteiger partial charge in [0.15, 0.2) is 0 Å². The lowest BCUT2D eigenvalue weighted by molar-refractivity contribution is -0.274. The van der Waals surface area contributed by atoms with Crippen LogP contribution in [0.3, 0.4) is 0 Å². The zero-order valence-electron chi connectivity index (χ0n) is 9.16. The number of aromatic amines is 1. The Morgan fingerprint density at radius 1 is 1.33 bits per heavy atom. The third-order valence-corrected chi connectivity index (χ3v) is 2.29. The van der Waals surface area contributed by atoms with Crippen molar-refractivity contribution in [1.82, 2.24) is 10.2 Å². The van der Waals surface area contributed by atoms with Gasteiger partial charge in [-0.05, 0) is 12.1 Å². The third kappa shape index (κ3) is 2.80. The Labute approximate surface area is 101 Å². The number of alkyl halides is 3. The van der Waals surface area contributed by atoms with E-state index < -0.39 is 6.36 Å². The van der Waals surface area contributed by atoms with Gasteiger partial charge in [0.25, 0.3) is 0 Å². The summed E-state index contributed by atoms with van der Waals surface area (Å²) in [6.07, 6.45) is -3.17. The Balaban J connectivity index is 2.33. The number of nitrogens with one attached hydrogen (secondary N) is 1. The van der Waals surface area contributed by atoms with Gasteiger partial charge in [0, 0.05) is 17.7 Å². The third-order valence-electron chi connectivity index (χ3n) is 2.29. The first-order valence-corrected chi connectivity index (χ1v) is 5.08. The molecule has 4 nitrogen and oxygen atoms in total. The number of halogens is 3. The normalized spacial score (nSPS) is 11.6. The molecule has 0 saturated carbocycles. The Hall–Kier alpha value is -2.02. The van der Waals surface area contributed by atoms with Gasteiger partial charge >= 0.3 is 6.36 Å². The van der Waals surface area contributed by atoms with Crippen LogP contribution >= 0.6 is 0 Å². The van der Waals surface area contributed by atoms with E-state index in [1.54, 1.807) is 6.07 Å². The number of H-pyrrole nitrogens is 1. The van der Waals surface area contributed by atoms with E-state index in [0.29, 0.717) is 11.3 Å². The Morgan fingerprint density at radius 2 is 2.11 bits per heavy atom. The van der Waals surface area contributed by atoms with Crippen molar-refractivity contribution in [3.8, 4) is 17.0 Å². The molecule has 0 atom stereocenters. The lowest BCUT2D eigenvalue weighted by atomic mass is 10.1. The van der Waals surface area contributed by atoms with Crippen LogP contribution in [0, 0.1) is 0 Å². The van der Waals surface area contributed by atoms with E-state index in [1.165, 1.54) is 24.4 Å². The Kier molecular flexibility index (Phi) is 3.24. The Bertz CT molecular complexity index is 536. The highest BCUT2D eigenvalue weighted by atomic mass is 19.4. The van der Waals surface area contributed by atoms with Crippen molar-refractivity contribution in [2.24, 2.45) is 5.73 Å². The van der Waals surface area contributed by atoms with Gasteiger partial charge in [-0.15, -0.1) is 13.2 Å². The first kappa shape index (κ1) is 12.4. The number of ether oxygens (including phenoxy) is 1. The number of hydrogen-bond acceptors (Lipinski definition) is 3. The summed E-state index contributed by atoms with van der Waals surface area (Å²) in [6, 6.07) is 5.63. The quantitative estimate of drug-likeness (QED) is 0.887. The summed E-state index contributed by atoms with van der Waals surface area (Å²) >= 11 is 0. The van der Waals surface area contributed by atoms with Crippen molar-refractivity contribution in [1.29, 1.82) is 0 Å². The molecule has 7 heteroatoms. The largest absolute Gasteiger partial charge is 0.573 e. The number of benzene rings is 1. The molecule has 2 aromatic rings. The van der Waals surface area contributed by atoms with Gasteiger partial charge in [-0.1, -0.05) is 12.1 Å². The molecule has 0 aliphatic rings. The standard InChI is InChI=1S/C11H10F3N3O/c12-11(13,14)18-9-3-1-2-7(4-9)10-8(5-15)6-16-17-10/h1-4,6H,5,15H2,(H,16,17). The molecule has 1 aromatic heterocycles. The van der Waals surface area contributed by atoms with E-state index in [1.807, 2.05) is 0 Å². The second-order valence-corrected chi connectivity index (χ2v) is 3.55. The lowest BCUT2D eigenvalue weighted by Gasteiger charge is -2.09. The van der Waals surface area contributed by atoms with Crippen LogP contribution in [0.1, 0.15) is 5.56 Å². The second-order valence-electron chi connectivity index (χ2n) is 3.55. The summed E-state index contributed by atoms with van der Waals surface area (Å²) in [6.45, 7) is 0.246. The van der Waals surface area contributed by atoms with Gasteiger partial charge in [0.1, 0.15) is 5.75 Å². The van der Waals surface area contributed by atoms with Crippen LogP contribution in [0.4, 0.5) is 13.2 Å². The predicted octanol–water partition coefficient (Wildman–Crippen LogP) is 2.43. The minimum absolute atomic E-state index is 0.246. The van der Waals surface area contributed by atoms with Crippen molar-refractivity contribution < 1.29 is 17.9 Å². The van der Waals surface area contributed by atoms with Crippen LogP contribution in [-0.2, 0) is 6.54 Å². The van der Waals surface area contributed by atoms with Crippen LogP contribution in [0.2, 0.25) is 0 Å². The van der Waals surface area contributed by atoms with Gasteiger partial charge in [-0.25, -0.2) is 0 Å². The number of rotatable bonds is 3. The first-order valence-electron chi connectivity index (χ1n) is 5.08. The molecule has 0 saturated heterocycles. The first-order chi connectivity index (χ1) is 8.49. The molecular formula is C11H10F3N3O. The minimum atomic E-state index is -4.71. The molecule has 1 aromatic carbocycles. The topological polar surface area (TPSA) is 63.9 Å². The van der Waals surface area contributed by atoms with E-state index in [0.717, 1.165) is 5.56 Å². The Morgan fingerprint density at radius 3 is 2.78 bits per heavy atom. The minimum Gasteiger partial charge on any atom is -0.406 e. The van der Waals surface area contributed by atoms with Crippen LogP contribution in [0.15, 0.2) is 30.5 Å². The van der Waals surface area contributed by atoms with Crippen LogP contribution in [0.5, 0.6) is 5.75 Å². The van der Waals surface area contributed by atoms with Crippen molar-refractivity contribution >= 4 is 0 Å². The molecule has 96 valence electrons. The summed E-state index contributed by atoms with van der Waals surface area (Å²) in [5.74, 6) is -0.280. The van der Waals surface area contributed by atoms with E-state index in [-0.39, 0.29) is 12.3 Å². The molecule has 0 unspecified atom stereocenters. The molecule has 18 heavy (non-hydrogen) atoms. The molecule has 0 fully saturated rings. The molecule has 0 spiro atoms. The second kappa shape index (κ2) is 4.69. The monoisotopic (exact) mass is 257 g/mol. The van der Waals surface area contributed by atoms with Gasteiger partial charge in [-0.2, -0.15) is 5.10 Å². The molecule has 0 aliphatic carbocycles. The van der Waals surface area contributed by atoms with E-state index >= 15 is 0 Å². The highest BCUT2D eigenvalue weighted by molar-refractivity contribution is 5.64. The van der Waals surface area contributed by atoms with Crippen LogP contribution in [-0.4, -0.2) is 16.6 Å². The average molecular weight is 257 g/mol. The highest BCUT2D eigenvalue weighted by Gasteiger charge is 2.31. The average Bonchev–Trinajstić information content (AvgIpc) is 2.75. The molecule has 0 aliphatic heterocycles. The molecule has 0 bridgehead atoms. The van der Waals surface area contributed by atoms with Crippen LogP contribution < -0.4 is 10.5 Å². The lowest BCUT2D eigenvalue weighted by Crippen LogP contribution is -2.17. The fraction of sp³-hybridized carbons (Fsp3) is 0.182. The maximum Gasteiger partial charge on any atom is 0.573 e. The summed E-state index contributed by atoms with van der Waals surface area (Å²) in [4.78, 5) is 0. The molecule has 0 amide bonds. The molecule has 0 radical (unpaired) electrons. The summed E-state index contributed by atoms with van der Waals surface area (Å²) < 4.78 is 40.1. The fourth-order valence-corrected chi connectivity index (χ4v) is 1.56. The van der Waals surface area contributed by atoms with Crippen molar-refractivity contribution in [2.45, 2.75) is 12.9 Å². The molecule has 2 rings (SSSR count). The van der Waals surface area contributed by atoms with Gasteiger partial charge in [0.05, 0.1) is 11.9 Å². The van der Waals surface area contributed by atoms with Crippen molar-refractivity contribution in [2.75, 3.05) is 0 Å². The molecule has 3 N–H and O–H groups in total. The number of nitrogens with two attached hydrogens (primary N) is 1. The maximum atomic E-state index is 12.1. The van der Waals surface area contributed by atoms with E-state index in [2.05, 4.69) is 14.9 Å². The summed E-state index contributed by atoms with van der Waals surface area (Å²) in [5.41, 5.74) is 7.35. The van der Waals surface area contributed by atoms with Crippen molar-refractivity contribution in [3.63, 3.8) is 0 Å². The molecule has 1 heterocycles. The zero-order valence-corrected chi connectivity index (χ0v) is 9.16.